The van der Waals surface area contributed by atoms with E-state index in [2.05, 4.69) is 10.6 Å². The van der Waals surface area contributed by atoms with Crippen LogP contribution in [-0.4, -0.2) is 25.1 Å². The van der Waals surface area contributed by atoms with Crippen molar-refractivity contribution in [3.05, 3.63) is 29.8 Å². The minimum atomic E-state index is -0.204. The third kappa shape index (κ3) is 5.19. The van der Waals surface area contributed by atoms with Gasteiger partial charge in [0.1, 0.15) is 0 Å². The van der Waals surface area contributed by atoms with Crippen molar-refractivity contribution in [2.45, 2.75) is 32.9 Å². The van der Waals surface area contributed by atoms with Gasteiger partial charge in [-0.1, -0.05) is 18.2 Å². The van der Waals surface area contributed by atoms with Crippen molar-refractivity contribution in [2.24, 2.45) is 0 Å². The molecule has 0 aliphatic carbocycles. The fraction of sp³-hybridized carbons (Fsp3) is 0.500. The molecule has 0 bridgehead atoms. The topological polar surface area (TPSA) is 50.4 Å². The number of benzene rings is 1. The van der Waals surface area contributed by atoms with Gasteiger partial charge in [0.05, 0.1) is 13.2 Å². The molecule has 0 saturated heterocycles. The lowest BCUT2D eigenvalue weighted by Gasteiger charge is -2.21. The highest BCUT2D eigenvalue weighted by Crippen LogP contribution is 2.15. The summed E-state index contributed by atoms with van der Waals surface area (Å²) >= 11 is 0. The quantitative estimate of drug-likeness (QED) is 0.842. The maximum Gasteiger partial charge on any atom is 0.239 e. The first-order valence-corrected chi connectivity index (χ1v) is 6.04. The highest BCUT2D eigenvalue weighted by molar-refractivity contribution is 5.81. The maximum absolute atomic E-state index is 11.7. The largest absolute Gasteiger partial charge is 0.380 e. The lowest BCUT2D eigenvalue weighted by Crippen LogP contribution is -2.43. The van der Waals surface area contributed by atoms with Crippen LogP contribution >= 0.6 is 0 Å². The summed E-state index contributed by atoms with van der Waals surface area (Å²) in [5, 5.41) is 6.04. The van der Waals surface area contributed by atoms with Gasteiger partial charge in [-0.05, 0) is 26.8 Å². The number of anilines is 1. The number of amides is 1. The summed E-state index contributed by atoms with van der Waals surface area (Å²) in [4.78, 5) is 11.7. The van der Waals surface area contributed by atoms with Crippen LogP contribution in [0.15, 0.2) is 24.3 Å². The van der Waals surface area contributed by atoms with Gasteiger partial charge >= 0.3 is 0 Å². The molecule has 0 aliphatic heterocycles. The van der Waals surface area contributed by atoms with Crippen LogP contribution < -0.4 is 10.6 Å². The SMILES string of the molecule is COCc1ccccc1NCC(=O)NC(C)(C)C. The molecule has 0 spiro atoms. The molecule has 0 unspecified atom stereocenters. The van der Waals surface area contributed by atoms with Gasteiger partial charge < -0.3 is 15.4 Å². The summed E-state index contributed by atoms with van der Waals surface area (Å²) in [7, 11) is 1.66. The number of nitrogens with one attached hydrogen (secondary N) is 2. The Labute approximate surface area is 109 Å². The lowest BCUT2D eigenvalue weighted by atomic mass is 10.1. The van der Waals surface area contributed by atoms with Crippen molar-refractivity contribution in [1.82, 2.24) is 5.32 Å². The van der Waals surface area contributed by atoms with Gasteiger partial charge in [-0.15, -0.1) is 0 Å². The Morgan fingerprint density at radius 1 is 1.28 bits per heavy atom. The van der Waals surface area contributed by atoms with Gasteiger partial charge in [-0.3, -0.25) is 4.79 Å². The van der Waals surface area contributed by atoms with Crippen molar-refractivity contribution in [1.29, 1.82) is 0 Å². The van der Waals surface area contributed by atoms with Gasteiger partial charge in [-0.2, -0.15) is 0 Å². The van der Waals surface area contributed by atoms with Crippen molar-refractivity contribution < 1.29 is 9.53 Å². The molecular formula is C14H22N2O2. The number of carbonyl (C=O) groups excluding carboxylic acids is 1. The van der Waals surface area contributed by atoms with E-state index >= 15 is 0 Å². The maximum atomic E-state index is 11.7. The van der Waals surface area contributed by atoms with Gasteiger partial charge in [-0.25, -0.2) is 0 Å². The summed E-state index contributed by atoms with van der Waals surface area (Å²) in [6.45, 7) is 6.68. The Morgan fingerprint density at radius 3 is 2.56 bits per heavy atom. The minimum Gasteiger partial charge on any atom is -0.380 e. The fourth-order valence-corrected chi connectivity index (χ4v) is 1.61. The summed E-state index contributed by atoms with van der Waals surface area (Å²) < 4.78 is 5.12. The Kier molecular flexibility index (Phi) is 5.16. The van der Waals surface area contributed by atoms with E-state index in [1.807, 2.05) is 45.0 Å². The number of ether oxygens (including phenoxy) is 1. The average Bonchev–Trinajstić information content (AvgIpc) is 2.26. The molecular weight excluding hydrogens is 228 g/mol. The lowest BCUT2D eigenvalue weighted by molar-refractivity contribution is -0.120. The molecule has 0 heterocycles. The second-order valence-electron chi connectivity index (χ2n) is 5.24. The molecule has 0 radical (unpaired) electrons. The summed E-state index contributed by atoms with van der Waals surface area (Å²) in [6.07, 6.45) is 0. The van der Waals surface area contributed by atoms with Crippen LogP contribution in [0.1, 0.15) is 26.3 Å². The number of rotatable bonds is 5. The number of hydrogen-bond acceptors (Lipinski definition) is 3. The molecule has 1 aromatic carbocycles. The van der Waals surface area contributed by atoms with Crippen molar-refractivity contribution >= 4 is 11.6 Å². The molecule has 2 N–H and O–H groups in total. The first-order chi connectivity index (χ1) is 8.42. The highest BCUT2D eigenvalue weighted by Gasteiger charge is 2.13. The third-order valence-electron chi connectivity index (χ3n) is 2.27. The molecule has 0 fully saturated rings. The van der Waals surface area contributed by atoms with Crippen molar-refractivity contribution in [3.8, 4) is 0 Å². The Morgan fingerprint density at radius 2 is 1.94 bits per heavy atom. The van der Waals surface area contributed by atoms with E-state index in [1.165, 1.54) is 0 Å². The first-order valence-electron chi connectivity index (χ1n) is 6.04. The van der Waals surface area contributed by atoms with Gasteiger partial charge in [0.25, 0.3) is 0 Å². The molecule has 0 aromatic heterocycles. The monoisotopic (exact) mass is 250 g/mol. The zero-order chi connectivity index (χ0) is 13.6. The number of carbonyl (C=O) groups is 1. The molecule has 1 rings (SSSR count). The molecule has 1 aromatic rings. The smallest absolute Gasteiger partial charge is 0.239 e. The summed E-state index contributed by atoms with van der Waals surface area (Å²) in [6, 6.07) is 7.81. The summed E-state index contributed by atoms with van der Waals surface area (Å²) in [5.41, 5.74) is 1.78. The summed E-state index contributed by atoms with van der Waals surface area (Å²) in [5.74, 6) is -0.0188. The van der Waals surface area contributed by atoms with E-state index in [-0.39, 0.29) is 18.0 Å². The van der Waals surface area contributed by atoms with Crippen LogP contribution in [0.25, 0.3) is 0 Å². The molecule has 100 valence electrons. The van der Waals surface area contributed by atoms with Crippen LogP contribution in [0.2, 0.25) is 0 Å². The predicted molar refractivity (Wildman–Crippen MR) is 73.5 cm³/mol. The van der Waals surface area contributed by atoms with Gasteiger partial charge in [0, 0.05) is 23.9 Å². The van der Waals surface area contributed by atoms with Crippen LogP contribution in [-0.2, 0) is 16.1 Å². The molecule has 0 saturated carbocycles. The second kappa shape index (κ2) is 6.40. The minimum absolute atomic E-state index is 0.0188. The first kappa shape index (κ1) is 14.5. The number of methoxy groups -OCH3 is 1. The third-order valence-corrected chi connectivity index (χ3v) is 2.27. The zero-order valence-corrected chi connectivity index (χ0v) is 11.5. The predicted octanol–water partition coefficient (Wildman–Crippen LogP) is 2.16. The molecule has 0 aliphatic rings. The van der Waals surface area contributed by atoms with Crippen molar-refractivity contribution in [3.63, 3.8) is 0 Å². The van der Waals surface area contributed by atoms with Gasteiger partial charge in [0.15, 0.2) is 0 Å². The number of para-hydroxylation sites is 1. The van der Waals surface area contributed by atoms with E-state index in [4.69, 9.17) is 4.74 Å². The van der Waals surface area contributed by atoms with Crippen LogP contribution in [0.4, 0.5) is 5.69 Å². The molecule has 4 heteroatoms. The molecule has 4 nitrogen and oxygen atoms in total. The standard InChI is InChI=1S/C14H22N2O2/c1-14(2,3)16-13(17)9-15-12-8-6-5-7-11(12)10-18-4/h5-8,15H,9-10H2,1-4H3,(H,16,17). The van der Waals surface area contributed by atoms with E-state index in [1.54, 1.807) is 7.11 Å². The fourth-order valence-electron chi connectivity index (χ4n) is 1.61. The van der Waals surface area contributed by atoms with E-state index in [9.17, 15) is 4.79 Å². The van der Waals surface area contributed by atoms with Crippen molar-refractivity contribution in [2.75, 3.05) is 19.0 Å². The molecule has 18 heavy (non-hydrogen) atoms. The Bertz CT molecular complexity index is 397. The average molecular weight is 250 g/mol. The highest BCUT2D eigenvalue weighted by atomic mass is 16.5. The van der Waals surface area contributed by atoms with Crippen LogP contribution in [0.5, 0.6) is 0 Å². The zero-order valence-electron chi connectivity index (χ0n) is 11.5. The second-order valence-corrected chi connectivity index (χ2v) is 5.24. The Hall–Kier alpha value is -1.55. The molecule has 0 atom stereocenters. The van der Waals surface area contributed by atoms with E-state index < -0.39 is 0 Å². The van der Waals surface area contributed by atoms with Gasteiger partial charge in [0.2, 0.25) is 5.91 Å². The normalized spacial score (nSPS) is 11.1. The van der Waals surface area contributed by atoms with Crippen LogP contribution in [0, 0.1) is 0 Å². The number of hydrogen-bond donors (Lipinski definition) is 2. The van der Waals surface area contributed by atoms with E-state index in [0.29, 0.717) is 6.61 Å². The molecule has 1 amide bonds. The van der Waals surface area contributed by atoms with E-state index in [0.717, 1.165) is 11.3 Å². The van der Waals surface area contributed by atoms with Crippen LogP contribution in [0.3, 0.4) is 0 Å². The Balaban J connectivity index is 2.55.